The molecule has 41 heavy (non-hydrogen) atoms. The van der Waals surface area contributed by atoms with Crippen LogP contribution in [0.2, 0.25) is 0 Å². The summed E-state index contributed by atoms with van der Waals surface area (Å²) in [6.45, 7) is 0.0384. The number of carbonyl (C=O) groups is 1. The molecule has 0 saturated heterocycles. The minimum atomic E-state index is -3.37. The van der Waals surface area contributed by atoms with Crippen LogP contribution >= 0.6 is 0 Å². The van der Waals surface area contributed by atoms with E-state index in [0.29, 0.717) is 4.57 Å². The van der Waals surface area contributed by atoms with Crippen LogP contribution in [-0.4, -0.2) is 33.7 Å². The lowest BCUT2D eigenvalue weighted by molar-refractivity contribution is -0.128. The second kappa shape index (κ2) is 12.4. The smallest absolute Gasteiger partial charge is 0.338 e. The lowest BCUT2D eigenvalue weighted by Crippen LogP contribution is -2.48. The van der Waals surface area contributed by atoms with E-state index in [2.05, 4.69) is 0 Å². The summed E-state index contributed by atoms with van der Waals surface area (Å²) in [5, 5.41) is 0. The van der Waals surface area contributed by atoms with Crippen molar-refractivity contribution in [2.45, 2.75) is 31.3 Å². The second-order valence-corrected chi connectivity index (χ2v) is 9.74. The van der Waals surface area contributed by atoms with E-state index in [1.54, 1.807) is 18.2 Å². The van der Waals surface area contributed by atoms with E-state index in [4.69, 9.17) is 9.47 Å². The Kier molecular flexibility index (Phi) is 8.47. The first kappa shape index (κ1) is 28.1. The lowest BCUT2D eigenvalue weighted by Gasteiger charge is -2.33. The molecule has 0 amide bonds. The molecule has 3 atom stereocenters. The number of hydrogen-bond acceptors (Lipinski definition) is 5. The summed E-state index contributed by atoms with van der Waals surface area (Å²) >= 11 is 0. The average Bonchev–Trinajstić information content (AvgIpc) is 3.30. The summed E-state index contributed by atoms with van der Waals surface area (Å²) in [7, 11) is 0. The fourth-order valence-corrected chi connectivity index (χ4v) is 4.93. The molecule has 1 aliphatic rings. The van der Waals surface area contributed by atoms with Gasteiger partial charge < -0.3 is 9.47 Å². The second-order valence-electron chi connectivity index (χ2n) is 9.74. The van der Waals surface area contributed by atoms with Crippen LogP contribution in [0.25, 0.3) is 0 Å². The van der Waals surface area contributed by atoms with Gasteiger partial charge in [0.05, 0.1) is 37.9 Å². The number of halogens is 2. The molecular weight excluding hydrogens is 530 g/mol. The molecule has 0 N–H and O–H groups in total. The topological polar surface area (TPSA) is 79.5 Å². The van der Waals surface area contributed by atoms with Gasteiger partial charge in [0, 0.05) is 17.8 Å². The van der Waals surface area contributed by atoms with Gasteiger partial charge in [0.25, 0.3) is 17.4 Å². The molecule has 4 aromatic rings. The predicted molar refractivity (Wildman–Crippen MR) is 149 cm³/mol. The fourth-order valence-electron chi connectivity index (χ4n) is 4.93. The molecule has 0 unspecified atom stereocenters. The first-order valence-electron chi connectivity index (χ1n) is 13.1. The molecule has 1 aliphatic carbocycles. The number of alkyl halides is 2. The zero-order chi connectivity index (χ0) is 28.8. The molecule has 0 bridgehead atoms. The monoisotopic (exact) mass is 558 g/mol. The minimum Gasteiger partial charge on any atom is -0.374 e. The summed E-state index contributed by atoms with van der Waals surface area (Å²) < 4.78 is 44.4. The highest BCUT2D eigenvalue weighted by atomic mass is 19.3. The quantitative estimate of drug-likeness (QED) is 0.260. The Hall–Kier alpha value is -4.47. The van der Waals surface area contributed by atoms with Crippen molar-refractivity contribution in [2.24, 2.45) is 5.92 Å². The van der Waals surface area contributed by atoms with E-state index in [9.17, 15) is 14.4 Å². The number of benzene rings is 3. The molecule has 1 heterocycles. The van der Waals surface area contributed by atoms with Crippen molar-refractivity contribution in [2.75, 3.05) is 6.61 Å². The van der Waals surface area contributed by atoms with Gasteiger partial charge in [0.2, 0.25) is 0 Å². The highest BCUT2D eigenvalue weighted by Crippen LogP contribution is 2.44. The first-order chi connectivity index (χ1) is 19.8. The van der Waals surface area contributed by atoms with Crippen LogP contribution in [0.15, 0.2) is 125 Å². The van der Waals surface area contributed by atoms with Gasteiger partial charge in [0.15, 0.2) is 0 Å². The number of ether oxygens (including phenoxy) is 2. The van der Waals surface area contributed by atoms with E-state index < -0.39 is 41.1 Å². The molecule has 3 aromatic carbocycles. The van der Waals surface area contributed by atoms with Gasteiger partial charge in [-0.3, -0.25) is 14.2 Å². The highest BCUT2D eigenvalue weighted by molar-refractivity contribution is 5.95. The summed E-state index contributed by atoms with van der Waals surface area (Å²) in [6, 6.07) is 26.0. The van der Waals surface area contributed by atoms with Crippen molar-refractivity contribution < 1.29 is 23.0 Å². The molecule has 0 radical (unpaired) electrons. The van der Waals surface area contributed by atoms with Crippen LogP contribution < -0.4 is 11.2 Å². The third kappa shape index (κ3) is 6.32. The summed E-state index contributed by atoms with van der Waals surface area (Å²) in [6.07, 6.45) is 1.94. The normalized spacial score (nSPS) is 18.3. The van der Waals surface area contributed by atoms with Gasteiger partial charge in [-0.15, -0.1) is 0 Å². The number of aromatic nitrogens is 2. The van der Waals surface area contributed by atoms with E-state index in [-0.39, 0.29) is 25.4 Å². The van der Waals surface area contributed by atoms with Crippen molar-refractivity contribution >= 4 is 5.91 Å². The van der Waals surface area contributed by atoms with Crippen LogP contribution in [0.5, 0.6) is 0 Å². The predicted octanol–water partition coefficient (Wildman–Crippen LogP) is 4.86. The van der Waals surface area contributed by atoms with Crippen LogP contribution in [0.3, 0.4) is 0 Å². The Morgan fingerprint density at radius 1 is 0.829 bits per heavy atom. The number of nitrogens with zero attached hydrogens (tertiary/aromatic N) is 2. The highest BCUT2D eigenvalue weighted by Gasteiger charge is 2.52. The molecule has 9 heteroatoms. The lowest BCUT2D eigenvalue weighted by atomic mass is 9.92. The molecule has 7 nitrogen and oxygen atoms in total. The van der Waals surface area contributed by atoms with Crippen LogP contribution in [0, 0.1) is 5.92 Å². The summed E-state index contributed by atoms with van der Waals surface area (Å²) in [5.74, 6) is -5.77. The summed E-state index contributed by atoms with van der Waals surface area (Å²) in [4.78, 5) is 39.2. The Morgan fingerprint density at radius 3 is 2.05 bits per heavy atom. The van der Waals surface area contributed by atoms with Crippen molar-refractivity contribution in [3.63, 3.8) is 0 Å². The van der Waals surface area contributed by atoms with Crippen molar-refractivity contribution in [1.82, 2.24) is 9.13 Å². The van der Waals surface area contributed by atoms with Gasteiger partial charge in [-0.25, -0.2) is 13.6 Å². The molecule has 0 saturated carbocycles. The number of carbonyl (C=O) groups excluding carboxylic acids is 1. The van der Waals surface area contributed by atoms with Crippen molar-refractivity contribution in [3.8, 4) is 0 Å². The molecular formula is C32H28F2N2O5. The fraction of sp³-hybridized carbons (Fsp3) is 0.219. The standard InChI is InChI=1S/C32H28F2N2O5/c33-32(34)18-16-26(35-19-17-28(37)36(31(35)39)30(38)25-14-8-3-9-15-25)29(32)27(41-21-24-12-6-2-7-13-24)22-40-20-23-10-4-1-5-11-23/h1-19,26-27,29H,20-22H2/t26-,27-,29+/m1/s1. The largest absolute Gasteiger partial charge is 0.374 e. The van der Waals surface area contributed by atoms with Gasteiger partial charge in [-0.05, 0) is 29.3 Å². The maximum atomic E-state index is 15.5. The summed E-state index contributed by atoms with van der Waals surface area (Å²) in [5.41, 5.74) is -0.105. The Balaban J connectivity index is 1.47. The number of hydrogen-bond donors (Lipinski definition) is 0. The molecule has 1 aromatic heterocycles. The average molecular weight is 559 g/mol. The first-order valence-corrected chi connectivity index (χ1v) is 13.1. The third-order valence-electron chi connectivity index (χ3n) is 6.98. The van der Waals surface area contributed by atoms with E-state index >= 15 is 8.78 Å². The zero-order valence-corrected chi connectivity index (χ0v) is 22.0. The van der Waals surface area contributed by atoms with Gasteiger partial charge in [0.1, 0.15) is 0 Å². The zero-order valence-electron chi connectivity index (χ0n) is 22.0. The molecule has 0 aliphatic heterocycles. The van der Waals surface area contributed by atoms with Crippen molar-refractivity contribution in [1.29, 1.82) is 0 Å². The van der Waals surface area contributed by atoms with Gasteiger partial charge >= 0.3 is 5.69 Å². The van der Waals surface area contributed by atoms with Gasteiger partial charge in [-0.2, -0.15) is 4.57 Å². The van der Waals surface area contributed by atoms with E-state index in [1.807, 2.05) is 60.7 Å². The van der Waals surface area contributed by atoms with E-state index in [0.717, 1.165) is 34.0 Å². The Bertz CT molecular complexity index is 1620. The third-order valence-corrected chi connectivity index (χ3v) is 6.98. The van der Waals surface area contributed by atoms with Crippen LogP contribution in [-0.2, 0) is 22.7 Å². The minimum absolute atomic E-state index is 0.0421. The molecule has 0 fully saturated rings. The molecule has 5 rings (SSSR count). The Morgan fingerprint density at radius 2 is 1.41 bits per heavy atom. The molecule has 210 valence electrons. The number of allylic oxidation sites excluding steroid dienone is 2. The Labute approximate surface area is 234 Å². The maximum Gasteiger partial charge on any atom is 0.338 e. The van der Waals surface area contributed by atoms with Gasteiger partial charge in [-0.1, -0.05) is 84.9 Å². The SMILES string of the molecule is O=C(c1ccccc1)n1c(=O)ccn([C@@H]2C=CC(F)(F)[C@@H]2[C@@H](COCc2ccccc2)OCc2ccccc2)c1=O. The van der Waals surface area contributed by atoms with Crippen LogP contribution in [0.1, 0.15) is 27.5 Å². The van der Waals surface area contributed by atoms with E-state index in [1.165, 1.54) is 18.2 Å². The molecule has 0 spiro atoms. The van der Waals surface area contributed by atoms with Crippen molar-refractivity contribution in [3.05, 3.63) is 153 Å². The number of rotatable bonds is 10. The maximum absolute atomic E-state index is 15.5. The van der Waals surface area contributed by atoms with Crippen LogP contribution in [0.4, 0.5) is 8.78 Å².